The molecule has 0 amide bonds. The largest absolute Gasteiger partial charge is 0.478 e. The van der Waals surface area contributed by atoms with Gasteiger partial charge in [-0.15, -0.1) is 0 Å². The topological polar surface area (TPSA) is 191 Å². The van der Waals surface area contributed by atoms with E-state index in [1.165, 1.54) is 0 Å². The zero-order chi connectivity index (χ0) is 19.2. The second kappa shape index (κ2) is 11.5. The molecule has 0 aliphatic rings. The van der Waals surface area contributed by atoms with E-state index in [-0.39, 0.29) is 0 Å². The number of rotatable bonds is 4. The third-order valence-corrected chi connectivity index (χ3v) is 1.98. The molecule has 5 N–H and O–H groups in total. The van der Waals surface area contributed by atoms with Crippen molar-refractivity contribution in [1.82, 2.24) is 15.2 Å². The number of carboxylic acids is 4. The van der Waals surface area contributed by atoms with Crippen molar-refractivity contribution in [3.8, 4) is 0 Å². The van der Waals surface area contributed by atoms with E-state index in [1.807, 2.05) is 6.07 Å². The van der Waals surface area contributed by atoms with Crippen molar-refractivity contribution in [2.45, 2.75) is 0 Å². The highest BCUT2D eigenvalue weighted by atomic mass is 16.4. The van der Waals surface area contributed by atoms with Crippen LogP contribution < -0.4 is 0 Å². The molecule has 11 nitrogen and oxygen atoms in total. The van der Waals surface area contributed by atoms with E-state index >= 15 is 0 Å². The lowest BCUT2D eigenvalue weighted by Crippen LogP contribution is -1.91. The number of hydrogen-bond acceptors (Lipinski definition) is 6. The van der Waals surface area contributed by atoms with Gasteiger partial charge in [-0.05, 0) is 6.07 Å². The summed E-state index contributed by atoms with van der Waals surface area (Å²) in [7, 11) is 0. The SMILES string of the molecule is O=C(O)/C=C\C(=O)O.O=C(O)/C=C\C(=O)O.c1cc2[nH]ncc2cn1. The molecular weight excluding hydrogens is 338 g/mol. The lowest BCUT2D eigenvalue weighted by molar-refractivity contribution is -0.134. The summed E-state index contributed by atoms with van der Waals surface area (Å²) in [5.41, 5.74) is 1.03. The Kier molecular flexibility index (Phi) is 9.68. The Morgan fingerprint density at radius 2 is 1.24 bits per heavy atom. The number of aromatic amines is 1. The molecule has 0 aliphatic heterocycles. The van der Waals surface area contributed by atoms with E-state index in [0.29, 0.717) is 24.3 Å². The molecule has 0 aromatic carbocycles. The van der Waals surface area contributed by atoms with Crippen LogP contribution in [0.2, 0.25) is 0 Å². The highest BCUT2D eigenvalue weighted by Gasteiger charge is 1.90. The van der Waals surface area contributed by atoms with Crippen molar-refractivity contribution in [3.63, 3.8) is 0 Å². The van der Waals surface area contributed by atoms with E-state index in [9.17, 15) is 19.2 Å². The minimum atomic E-state index is -1.26. The van der Waals surface area contributed by atoms with E-state index in [1.54, 1.807) is 18.6 Å². The summed E-state index contributed by atoms with van der Waals surface area (Å²) in [5.74, 6) is -5.03. The van der Waals surface area contributed by atoms with Crippen LogP contribution in [0.1, 0.15) is 0 Å². The van der Waals surface area contributed by atoms with Gasteiger partial charge >= 0.3 is 23.9 Å². The van der Waals surface area contributed by atoms with E-state index in [2.05, 4.69) is 15.2 Å². The number of carbonyl (C=O) groups is 4. The Morgan fingerprint density at radius 3 is 1.60 bits per heavy atom. The Bertz CT molecular complexity index is 698. The molecule has 0 bridgehead atoms. The number of H-pyrrole nitrogens is 1. The molecule has 2 rings (SSSR count). The fraction of sp³-hybridized carbons (Fsp3) is 0. The van der Waals surface area contributed by atoms with Gasteiger partial charge in [-0.2, -0.15) is 5.10 Å². The number of carboxylic acid groups (broad SMARTS) is 4. The molecule has 2 heterocycles. The lowest BCUT2D eigenvalue weighted by Gasteiger charge is -1.80. The van der Waals surface area contributed by atoms with Crippen molar-refractivity contribution < 1.29 is 39.6 Å². The maximum absolute atomic E-state index is 9.55. The fourth-order valence-corrected chi connectivity index (χ4v) is 1.07. The Morgan fingerprint density at radius 1 is 0.800 bits per heavy atom. The van der Waals surface area contributed by atoms with Crippen molar-refractivity contribution in [2.24, 2.45) is 0 Å². The maximum atomic E-state index is 9.55. The first-order valence-corrected chi connectivity index (χ1v) is 6.23. The molecule has 0 radical (unpaired) electrons. The van der Waals surface area contributed by atoms with E-state index < -0.39 is 23.9 Å². The molecule has 0 atom stereocenters. The second-order valence-electron chi connectivity index (χ2n) is 3.85. The van der Waals surface area contributed by atoms with Crippen molar-refractivity contribution in [1.29, 1.82) is 0 Å². The number of hydrogen-bond donors (Lipinski definition) is 5. The van der Waals surface area contributed by atoms with Gasteiger partial charge in [-0.3, -0.25) is 10.1 Å². The predicted octanol–water partition coefficient (Wildman–Crippen LogP) is 0.381. The van der Waals surface area contributed by atoms with Crippen LogP contribution in [0.15, 0.2) is 49.0 Å². The van der Waals surface area contributed by atoms with Crippen LogP contribution in [0.5, 0.6) is 0 Å². The van der Waals surface area contributed by atoms with Crippen LogP contribution >= 0.6 is 0 Å². The zero-order valence-electron chi connectivity index (χ0n) is 12.4. The highest BCUT2D eigenvalue weighted by molar-refractivity contribution is 5.90. The average molecular weight is 351 g/mol. The van der Waals surface area contributed by atoms with Gasteiger partial charge < -0.3 is 20.4 Å². The quantitative estimate of drug-likeness (QED) is 0.481. The molecule has 2 aromatic rings. The zero-order valence-corrected chi connectivity index (χ0v) is 12.4. The summed E-state index contributed by atoms with van der Waals surface area (Å²) >= 11 is 0. The van der Waals surface area contributed by atoms with Crippen molar-refractivity contribution in [2.75, 3.05) is 0 Å². The third kappa shape index (κ3) is 12.2. The first-order valence-electron chi connectivity index (χ1n) is 6.23. The summed E-state index contributed by atoms with van der Waals surface area (Å²) in [5, 5.41) is 39.0. The van der Waals surface area contributed by atoms with Crippen LogP contribution in [0.25, 0.3) is 10.9 Å². The summed E-state index contributed by atoms with van der Waals surface area (Å²) in [6.45, 7) is 0. The second-order valence-corrected chi connectivity index (χ2v) is 3.85. The number of nitrogens with one attached hydrogen (secondary N) is 1. The predicted molar refractivity (Wildman–Crippen MR) is 82.7 cm³/mol. The molecule has 132 valence electrons. The summed E-state index contributed by atoms with van der Waals surface area (Å²) in [6.07, 6.45) is 7.50. The Balaban J connectivity index is 0.000000348. The molecule has 0 fully saturated rings. The van der Waals surface area contributed by atoms with Crippen LogP contribution in [0, 0.1) is 0 Å². The van der Waals surface area contributed by atoms with Gasteiger partial charge in [0, 0.05) is 42.1 Å². The first kappa shape index (κ1) is 21.0. The number of nitrogens with zero attached hydrogens (tertiary/aromatic N) is 2. The molecule has 0 spiro atoms. The standard InChI is InChI=1S/C6H5N3.2C4H4O4/c1-2-7-3-5-4-8-9-6(1)5;2*5-3(6)1-2-4(7)8/h1-4H,(H,8,9);2*1-2H,(H,5,6)(H,7,8)/b;2*2-1-. The molecule has 0 aliphatic carbocycles. The van der Waals surface area contributed by atoms with Gasteiger partial charge in [0.25, 0.3) is 0 Å². The number of aromatic nitrogens is 3. The fourth-order valence-electron chi connectivity index (χ4n) is 1.07. The van der Waals surface area contributed by atoms with Gasteiger partial charge in [-0.1, -0.05) is 0 Å². The van der Waals surface area contributed by atoms with Crippen molar-refractivity contribution in [3.05, 3.63) is 49.0 Å². The lowest BCUT2D eigenvalue weighted by atomic mass is 10.3. The number of pyridine rings is 1. The van der Waals surface area contributed by atoms with Gasteiger partial charge in [0.1, 0.15) is 0 Å². The summed E-state index contributed by atoms with van der Waals surface area (Å²) < 4.78 is 0. The smallest absolute Gasteiger partial charge is 0.328 e. The van der Waals surface area contributed by atoms with Crippen LogP contribution in [0.3, 0.4) is 0 Å². The molecule has 11 heteroatoms. The van der Waals surface area contributed by atoms with Gasteiger partial charge in [-0.25, -0.2) is 19.2 Å². The number of fused-ring (bicyclic) bond motifs is 1. The molecule has 0 saturated carbocycles. The van der Waals surface area contributed by atoms with Crippen molar-refractivity contribution >= 4 is 34.8 Å². The summed E-state index contributed by atoms with van der Waals surface area (Å²) in [6, 6.07) is 1.89. The van der Waals surface area contributed by atoms with Crippen LogP contribution in [-0.4, -0.2) is 59.5 Å². The molecule has 0 saturated heterocycles. The summed E-state index contributed by atoms with van der Waals surface area (Å²) in [4.78, 5) is 42.1. The Hall–Kier alpha value is -4.02. The van der Waals surface area contributed by atoms with Gasteiger partial charge in [0.2, 0.25) is 0 Å². The molecule has 0 unspecified atom stereocenters. The molecular formula is C14H13N3O8. The minimum Gasteiger partial charge on any atom is -0.478 e. The third-order valence-electron chi connectivity index (χ3n) is 1.98. The monoisotopic (exact) mass is 351 g/mol. The van der Waals surface area contributed by atoms with Gasteiger partial charge in [0.05, 0.1) is 11.7 Å². The van der Waals surface area contributed by atoms with E-state index in [0.717, 1.165) is 10.9 Å². The van der Waals surface area contributed by atoms with E-state index in [4.69, 9.17) is 20.4 Å². The highest BCUT2D eigenvalue weighted by Crippen LogP contribution is 2.04. The first-order chi connectivity index (χ1) is 11.7. The normalized spacial score (nSPS) is 9.76. The van der Waals surface area contributed by atoms with Crippen LogP contribution in [0.4, 0.5) is 0 Å². The average Bonchev–Trinajstić information content (AvgIpc) is 3.01. The van der Waals surface area contributed by atoms with Gasteiger partial charge in [0.15, 0.2) is 0 Å². The van der Waals surface area contributed by atoms with Crippen LogP contribution in [-0.2, 0) is 19.2 Å². The maximum Gasteiger partial charge on any atom is 0.328 e. The number of aliphatic carboxylic acids is 4. The molecule has 25 heavy (non-hydrogen) atoms. The minimum absolute atomic E-state index is 0.558. The Labute approximate surface area is 139 Å². The molecule has 2 aromatic heterocycles.